The number of nitrogens with zero attached hydrogens (tertiary/aromatic N) is 1. The van der Waals surface area contributed by atoms with Gasteiger partial charge in [0.15, 0.2) is 0 Å². The second-order valence-corrected chi connectivity index (χ2v) is 6.78. The molecule has 1 aromatic rings. The summed E-state index contributed by atoms with van der Waals surface area (Å²) in [5, 5.41) is 3.68. The minimum Gasteiger partial charge on any atom is -0.491 e. The van der Waals surface area contributed by atoms with Crippen LogP contribution in [0.1, 0.15) is 39.7 Å². The summed E-state index contributed by atoms with van der Waals surface area (Å²) in [5.41, 5.74) is 1.28. The zero-order chi connectivity index (χ0) is 15.8. The average molecular weight is 292 g/mol. The zero-order valence-electron chi connectivity index (χ0n) is 14.5. The Morgan fingerprint density at radius 3 is 2.43 bits per heavy atom. The lowest BCUT2D eigenvalue weighted by Crippen LogP contribution is -2.38. The SMILES string of the molecule is CC(C)CC(CN(C)C)NCc1cccc(OC(C)C)c1. The van der Waals surface area contributed by atoms with E-state index in [-0.39, 0.29) is 6.10 Å². The summed E-state index contributed by atoms with van der Waals surface area (Å²) in [6, 6.07) is 8.90. The monoisotopic (exact) mass is 292 g/mol. The number of hydrogen-bond acceptors (Lipinski definition) is 3. The van der Waals surface area contributed by atoms with Crippen LogP contribution < -0.4 is 10.1 Å². The molecule has 1 atom stereocenters. The average Bonchev–Trinajstić information content (AvgIpc) is 2.34. The van der Waals surface area contributed by atoms with Gasteiger partial charge >= 0.3 is 0 Å². The molecule has 1 aromatic carbocycles. The third kappa shape index (κ3) is 8.08. The van der Waals surface area contributed by atoms with E-state index >= 15 is 0 Å². The van der Waals surface area contributed by atoms with Gasteiger partial charge < -0.3 is 15.0 Å². The van der Waals surface area contributed by atoms with Gasteiger partial charge in [-0.25, -0.2) is 0 Å². The van der Waals surface area contributed by atoms with Crippen LogP contribution in [0.15, 0.2) is 24.3 Å². The minimum absolute atomic E-state index is 0.218. The van der Waals surface area contributed by atoms with Crippen LogP contribution >= 0.6 is 0 Å². The lowest BCUT2D eigenvalue weighted by atomic mass is 10.0. The third-order valence-electron chi connectivity index (χ3n) is 3.21. The van der Waals surface area contributed by atoms with Crippen molar-refractivity contribution in [3.05, 3.63) is 29.8 Å². The van der Waals surface area contributed by atoms with Crippen LogP contribution in [-0.4, -0.2) is 37.7 Å². The topological polar surface area (TPSA) is 24.5 Å². The van der Waals surface area contributed by atoms with Gasteiger partial charge in [0, 0.05) is 19.1 Å². The van der Waals surface area contributed by atoms with Crippen LogP contribution in [0.25, 0.3) is 0 Å². The predicted molar refractivity (Wildman–Crippen MR) is 90.8 cm³/mol. The van der Waals surface area contributed by atoms with Gasteiger partial charge in [-0.05, 0) is 58.0 Å². The Balaban J connectivity index is 2.58. The van der Waals surface area contributed by atoms with Crippen molar-refractivity contribution in [2.24, 2.45) is 5.92 Å². The maximum absolute atomic E-state index is 5.75. The van der Waals surface area contributed by atoms with Gasteiger partial charge in [-0.3, -0.25) is 0 Å². The molecule has 1 N–H and O–H groups in total. The van der Waals surface area contributed by atoms with Crippen molar-refractivity contribution in [3.63, 3.8) is 0 Å². The summed E-state index contributed by atoms with van der Waals surface area (Å²) >= 11 is 0. The smallest absolute Gasteiger partial charge is 0.120 e. The van der Waals surface area contributed by atoms with E-state index in [9.17, 15) is 0 Å². The number of hydrogen-bond donors (Lipinski definition) is 1. The van der Waals surface area contributed by atoms with Crippen molar-refractivity contribution >= 4 is 0 Å². The molecule has 0 heterocycles. The van der Waals surface area contributed by atoms with E-state index in [1.54, 1.807) is 0 Å². The van der Waals surface area contributed by atoms with Crippen LogP contribution in [-0.2, 0) is 6.54 Å². The Kier molecular flexibility index (Phi) is 7.76. The van der Waals surface area contributed by atoms with Gasteiger partial charge in [0.1, 0.15) is 5.75 Å². The maximum atomic E-state index is 5.75. The number of nitrogens with one attached hydrogen (secondary N) is 1. The highest BCUT2D eigenvalue weighted by Gasteiger charge is 2.11. The molecule has 3 heteroatoms. The van der Waals surface area contributed by atoms with Crippen molar-refractivity contribution in [2.75, 3.05) is 20.6 Å². The summed E-state index contributed by atoms with van der Waals surface area (Å²) in [4.78, 5) is 2.25. The van der Waals surface area contributed by atoms with E-state index < -0.39 is 0 Å². The molecule has 0 amide bonds. The first-order chi connectivity index (χ1) is 9.86. The summed E-state index contributed by atoms with van der Waals surface area (Å²) in [5.74, 6) is 1.66. The molecule has 0 aliphatic carbocycles. The molecule has 1 unspecified atom stereocenters. The highest BCUT2D eigenvalue weighted by molar-refractivity contribution is 5.28. The molecular weight excluding hydrogens is 260 g/mol. The second kappa shape index (κ2) is 9.06. The van der Waals surface area contributed by atoms with Gasteiger partial charge in [-0.1, -0.05) is 26.0 Å². The molecule has 0 aromatic heterocycles. The van der Waals surface area contributed by atoms with E-state index in [2.05, 4.69) is 70.2 Å². The lowest BCUT2D eigenvalue weighted by molar-refractivity contribution is 0.242. The molecule has 0 fully saturated rings. The molecular formula is C18H32N2O. The quantitative estimate of drug-likeness (QED) is 0.753. The third-order valence-corrected chi connectivity index (χ3v) is 3.21. The van der Waals surface area contributed by atoms with Gasteiger partial charge in [0.05, 0.1) is 6.10 Å². The number of benzene rings is 1. The summed E-state index contributed by atoms with van der Waals surface area (Å²) in [7, 11) is 4.26. The highest BCUT2D eigenvalue weighted by Crippen LogP contribution is 2.15. The first kappa shape index (κ1) is 18.0. The molecule has 0 spiro atoms. The molecule has 0 saturated heterocycles. The second-order valence-electron chi connectivity index (χ2n) is 6.78. The van der Waals surface area contributed by atoms with Crippen molar-refractivity contribution in [1.29, 1.82) is 0 Å². The van der Waals surface area contributed by atoms with Crippen molar-refractivity contribution in [1.82, 2.24) is 10.2 Å². The Hall–Kier alpha value is -1.06. The van der Waals surface area contributed by atoms with Crippen LogP contribution in [0.2, 0.25) is 0 Å². The number of likely N-dealkylation sites (N-methyl/N-ethyl adjacent to an activating group) is 1. The molecule has 3 nitrogen and oxygen atoms in total. The molecule has 120 valence electrons. The molecule has 0 bridgehead atoms. The van der Waals surface area contributed by atoms with E-state index in [4.69, 9.17) is 4.74 Å². The normalized spacial score (nSPS) is 13.2. The van der Waals surface area contributed by atoms with Gasteiger partial charge in [0.2, 0.25) is 0 Å². The maximum Gasteiger partial charge on any atom is 0.120 e. The largest absolute Gasteiger partial charge is 0.491 e. The molecule has 1 rings (SSSR count). The molecule has 0 saturated carbocycles. The molecule has 0 radical (unpaired) electrons. The fraction of sp³-hybridized carbons (Fsp3) is 0.667. The number of ether oxygens (including phenoxy) is 1. The Bertz CT molecular complexity index is 392. The zero-order valence-corrected chi connectivity index (χ0v) is 14.5. The summed E-state index contributed by atoms with van der Waals surface area (Å²) in [6.07, 6.45) is 1.41. The standard InChI is InChI=1S/C18H32N2O/c1-14(2)10-17(13-20(5)6)19-12-16-8-7-9-18(11-16)21-15(3)4/h7-9,11,14-15,17,19H,10,12-13H2,1-6H3. The van der Waals surface area contributed by atoms with E-state index in [1.165, 1.54) is 12.0 Å². The fourth-order valence-electron chi connectivity index (χ4n) is 2.50. The Morgan fingerprint density at radius 1 is 1.14 bits per heavy atom. The van der Waals surface area contributed by atoms with E-state index in [0.29, 0.717) is 12.0 Å². The summed E-state index contributed by atoms with van der Waals surface area (Å²) < 4.78 is 5.75. The lowest BCUT2D eigenvalue weighted by Gasteiger charge is -2.24. The highest BCUT2D eigenvalue weighted by atomic mass is 16.5. The van der Waals surface area contributed by atoms with Gasteiger partial charge in [-0.15, -0.1) is 0 Å². The van der Waals surface area contributed by atoms with Gasteiger partial charge in [0.25, 0.3) is 0 Å². The fourth-order valence-corrected chi connectivity index (χ4v) is 2.50. The van der Waals surface area contributed by atoms with E-state index in [0.717, 1.165) is 18.8 Å². The number of rotatable bonds is 9. The van der Waals surface area contributed by atoms with Crippen LogP contribution in [0.3, 0.4) is 0 Å². The van der Waals surface area contributed by atoms with Gasteiger partial charge in [-0.2, -0.15) is 0 Å². The van der Waals surface area contributed by atoms with Crippen LogP contribution in [0.4, 0.5) is 0 Å². The molecule has 0 aliphatic rings. The van der Waals surface area contributed by atoms with Crippen molar-refractivity contribution < 1.29 is 4.74 Å². The first-order valence-electron chi connectivity index (χ1n) is 8.00. The first-order valence-corrected chi connectivity index (χ1v) is 8.00. The van der Waals surface area contributed by atoms with Crippen LogP contribution in [0, 0.1) is 5.92 Å². The van der Waals surface area contributed by atoms with Crippen molar-refractivity contribution in [2.45, 2.75) is 52.8 Å². The molecule has 0 aliphatic heterocycles. The Morgan fingerprint density at radius 2 is 1.86 bits per heavy atom. The minimum atomic E-state index is 0.218. The predicted octanol–water partition coefficient (Wildman–Crippen LogP) is 3.54. The Labute approximate surface area is 130 Å². The van der Waals surface area contributed by atoms with Crippen LogP contribution in [0.5, 0.6) is 5.75 Å². The molecule has 21 heavy (non-hydrogen) atoms. The van der Waals surface area contributed by atoms with E-state index in [1.807, 2.05) is 6.07 Å². The van der Waals surface area contributed by atoms with Crippen molar-refractivity contribution in [3.8, 4) is 5.75 Å². The summed E-state index contributed by atoms with van der Waals surface area (Å²) in [6.45, 7) is 10.6.